The Morgan fingerprint density at radius 1 is 0.933 bits per heavy atom. The molecule has 1 fully saturated rings. The van der Waals surface area contributed by atoms with E-state index in [1.807, 2.05) is 32.0 Å². The molecule has 3 heterocycles. The minimum Gasteiger partial charge on any atom is -0.353 e. The standard InChI is InChI=1S/C22H21F2N5O/c1-14-15(2)26-20(18-8-3-4-9-25-18)27-21(14)28-10-12-29(13-11-28)22(30)19-16(23)6-5-7-17(19)24/h3-9H,10-13H2,1-2H3. The maximum absolute atomic E-state index is 14.0. The molecule has 0 N–H and O–H groups in total. The van der Waals surface area contributed by atoms with E-state index in [0.717, 1.165) is 29.2 Å². The van der Waals surface area contributed by atoms with Gasteiger partial charge in [0, 0.05) is 43.6 Å². The van der Waals surface area contributed by atoms with Gasteiger partial charge in [0.1, 0.15) is 28.7 Å². The first-order valence-corrected chi connectivity index (χ1v) is 9.70. The molecule has 0 aliphatic carbocycles. The molecule has 8 heteroatoms. The van der Waals surface area contributed by atoms with Crippen LogP contribution in [-0.4, -0.2) is 51.9 Å². The minimum atomic E-state index is -0.843. The average Bonchev–Trinajstić information content (AvgIpc) is 2.76. The zero-order chi connectivity index (χ0) is 21.3. The number of carbonyl (C=O) groups excluding carboxylic acids is 1. The molecule has 30 heavy (non-hydrogen) atoms. The molecule has 154 valence electrons. The molecule has 0 saturated carbocycles. The minimum absolute atomic E-state index is 0.341. The number of piperazine rings is 1. The number of benzene rings is 1. The Morgan fingerprint density at radius 3 is 2.27 bits per heavy atom. The number of rotatable bonds is 3. The summed E-state index contributed by atoms with van der Waals surface area (Å²) in [4.78, 5) is 29.8. The number of aromatic nitrogens is 3. The summed E-state index contributed by atoms with van der Waals surface area (Å²) in [6.45, 7) is 5.57. The van der Waals surface area contributed by atoms with Crippen molar-refractivity contribution in [1.82, 2.24) is 19.9 Å². The normalized spacial score (nSPS) is 14.1. The monoisotopic (exact) mass is 409 g/mol. The van der Waals surface area contributed by atoms with E-state index in [2.05, 4.69) is 14.9 Å². The zero-order valence-corrected chi connectivity index (χ0v) is 16.8. The van der Waals surface area contributed by atoms with Crippen molar-refractivity contribution in [2.24, 2.45) is 0 Å². The molecule has 6 nitrogen and oxygen atoms in total. The molecule has 0 radical (unpaired) electrons. The molecule has 0 bridgehead atoms. The topological polar surface area (TPSA) is 62.2 Å². The smallest absolute Gasteiger partial charge is 0.259 e. The van der Waals surface area contributed by atoms with E-state index in [-0.39, 0.29) is 0 Å². The van der Waals surface area contributed by atoms with Crippen molar-refractivity contribution in [3.8, 4) is 11.5 Å². The summed E-state index contributed by atoms with van der Waals surface area (Å²) >= 11 is 0. The third kappa shape index (κ3) is 3.72. The number of amides is 1. The largest absolute Gasteiger partial charge is 0.353 e. The molecule has 3 aromatic rings. The van der Waals surface area contributed by atoms with Crippen molar-refractivity contribution < 1.29 is 13.6 Å². The molecule has 0 spiro atoms. The van der Waals surface area contributed by atoms with Crippen molar-refractivity contribution in [3.63, 3.8) is 0 Å². The first-order valence-electron chi connectivity index (χ1n) is 9.70. The van der Waals surface area contributed by atoms with Gasteiger partial charge in [-0.3, -0.25) is 9.78 Å². The third-order valence-corrected chi connectivity index (χ3v) is 5.30. The lowest BCUT2D eigenvalue weighted by Gasteiger charge is -2.36. The number of nitrogens with zero attached hydrogens (tertiary/aromatic N) is 5. The number of hydrogen-bond donors (Lipinski definition) is 0. The summed E-state index contributed by atoms with van der Waals surface area (Å²) < 4.78 is 28.0. The highest BCUT2D eigenvalue weighted by molar-refractivity contribution is 5.95. The van der Waals surface area contributed by atoms with Gasteiger partial charge in [0.15, 0.2) is 5.82 Å². The number of hydrogen-bond acceptors (Lipinski definition) is 5. The van der Waals surface area contributed by atoms with E-state index in [0.29, 0.717) is 37.7 Å². The Kier molecular flexibility index (Phi) is 5.39. The zero-order valence-electron chi connectivity index (χ0n) is 16.8. The van der Waals surface area contributed by atoms with Gasteiger partial charge in [0.05, 0.1) is 0 Å². The predicted octanol–water partition coefficient (Wildman–Crippen LogP) is 3.40. The van der Waals surface area contributed by atoms with Gasteiger partial charge in [-0.05, 0) is 38.1 Å². The van der Waals surface area contributed by atoms with Gasteiger partial charge in [0.2, 0.25) is 0 Å². The number of halogens is 2. The Balaban J connectivity index is 1.54. The summed E-state index contributed by atoms with van der Waals surface area (Å²) in [5, 5.41) is 0. The lowest BCUT2D eigenvalue weighted by atomic mass is 10.1. The van der Waals surface area contributed by atoms with Gasteiger partial charge in [-0.25, -0.2) is 18.7 Å². The predicted molar refractivity (Wildman–Crippen MR) is 109 cm³/mol. The van der Waals surface area contributed by atoms with Gasteiger partial charge in [-0.15, -0.1) is 0 Å². The van der Waals surface area contributed by atoms with Crippen LogP contribution in [0.5, 0.6) is 0 Å². The molecule has 1 amide bonds. The van der Waals surface area contributed by atoms with E-state index < -0.39 is 23.1 Å². The third-order valence-electron chi connectivity index (χ3n) is 5.30. The van der Waals surface area contributed by atoms with E-state index in [4.69, 9.17) is 4.98 Å². The van der Waals surface area contributed by atoms with Crippen LogP contribution in [0.2, 0.25) is 0 Å². The summed E-state index contributed by atoms with van der Waals surface area (Å²) in [6, 6.07) is 9.01. The van der Waals surface area contributed by atoms with Crippen molar-refractivity contribution in [2.45, 2.75) is 13.8 Å². The summed E-state index contributed by atoms with van der Waals surface area (Å²) in [6.07, 6.45) is 1.69. The molecule has 1 aliphatic heterocycles. The molecule has 1 aliphatic rings. The molecule has 4 rings (SSSR count). The van der Waals surface area contributed by atoms with Crippen molar-refractivity contribution >= 4 is 11.7 Å². The second-order valence-electron chi connectivity index (χ2n) is 7.17. The highest BCUT2D eigenvalue weighted by Crippen LogP contribution is 2.25. The Bertz CT molecular complexity index is 1060. The first kappa shape index (κ1) is 19.9. The van der Waals surface area contributed by atoms with Gasteiger partial charge in [-0.1, -0.05) is 12.1 Å². The maximum Gasteiger partial charge on any atom is 0.259 e. The van der Waals surface area contributed by atoms with Crippen LogP contribution in [0, 0.1) is 25.5 Å². The molecular formula is C22H21F2N5O. The van der Waals surface area contributed by atoms with E-state index in [1.165, 1.54) is 11.0 Å². The van der Waals surface area contributed by atoms with Crippen LogP contribution in [0.4, 0.5) is 14.6 Å². The summed E-state index contributed by atoms with van der Waals surface area (Å²) in [7, 11) is 0. The lowest BCUT2D eigenvalue weighted by Crippen LogP contribution is -2.49. The fraction of sp³-hybridized carbons (Fsp3) is 0.273. The van der Waals surface area contributed by atoms with Crippen molar-refractivity contribution in [1.29, 1.82) is 0 Å². The van der Waals surface area contributed by atoms with E-state index in [1.54, 1.807) is 6.20 Å². The average molecular weight is 409 g/mol. The van der Waals surface area contributed by atoms with Crippen LogP contribution in [0.1, 0.15) is 21.6 Å². The Labute approximate surface area is 173 Å². The van der Waals surface area contributed by atoms with Crippen LogP contribution in [-0.2, 0) is 0 Å². The molecule has 0 unspecified atom stereocenters. The summed E-state index contributed by atoms with van der Waals surface area (Å²) in [5.41, 5.74) is 1.99. The van der Waals surface area contributed by atoms with Crippen molar-refractivity contribution in [2.75, 3.05) is 31.1 Å². The van der Waals surface area contributed by atoms with Crippen LogP contribution in [0.25, 0.3) is 11.5 Å². The number of pyridine rings is 1. The number of carbonyl (C=O) groups is 1. The fourth-order valence-electron chi connectivity index (χ4n) is 3.51. The molecule has 1 aromatic carbocycles. The molecule has 2 aromatic heterocycles. The first-order chi connectivity index (χ1) is 14.5. The summed E-state index contributed by atoms with van der Waals surface area (Å²) in [5.74, 6) is -0.989. The second kappa shape index (κ2) is 8.14. The molecule has 0 atom stereocenters. The Morgan fingerprint density at radius 2 is 1.63 bits per heavy atom. The highest BCUT2D eigenvalue weighted by Gasteiger charge is 2.28. The Hall–Kier alpha value is -3.42. The van der Waals surface area contributed by atoms with Gasteiger partial charge >= 0.3 is 0 Å². The maximum atomic E-state index is 14.0. The molecule has 1 saturated heterocycles. The quantitative estimate of drug-likeness (QED) is 0.664. The number of aryl methyl sites for hydroxylation is 1. The number of anilines is 1. The second-order valence-corrected chi connectivity index (χ2v) is 7.17. The van der Waals surface area contributed by atoms with Crippen molar-refractivity contribution in [3.05, 3.63) is 71.1 Å². The lowest BCUT2D eigenvalue weighted by molar-refractivity contribution is 0.0736. The highest BCUT2D eigenvalue weighted by atomic mass is 19.1. The van der Waals surface area contributed by atoms with Gasteiger partial charge in [0.25, 0.3) is 5.91 Å². The van der Waals surface area contributed by atoms with Crippen LogP contribution >= 0.6 is 0 Å². The van der Waals surface area contributed by atoms with Crippen LogP contribution in [0.3, 0.4) is 0 Å². The SMILES string of the molecule is Cc1nc(-c2ccccn2)nc(N2CCN(C(=O)c3c(F)cccc3F)CC2)c1C. The molecular weight excluding hydrogens is 388 g/mol. The van der Waals surface area contributed by atoms with Crippen LogP contribution < -0.4 is 4.90 Å². The van der Waals surface area contributed by atoms with E-state index >= 15 is 0 Å². The van der Waals surface area contributed by atoms with Gasteiger partial charge in [-0.2, -0.15) is 0 Å². The van der Waals surface area contributed by atoms with E-state index in [9.17, 15) is 13.6 Å². The van der Waals surface area contributed by atoms with Crippen LogP contribution in [0.15, 0.2) is 42.6 Å². The fourth-order valence-corrected chi connectivity index (χ4v) is 3.51. The van der Waals surface area contributed by atoms with Gasteiger partial charge < -0.3 is 9.80 Å².